The summed E-state index contributed by atoms with van der Waals surface area (Å²) in [5.74, 6) is -0.119. The van der Waals surface area contributed by atoms with Crippen LogP contribution in [0.25, 0.3) is 0 Å². The maximum absolute atomic E-state index is 12.3. The number of aliphatic hydroxyl groups is 10. The van der Waals surface area contributed by atoms with Gasteiger partial charge in [0.1, 0.15) is 73.2 Å². The molecule has 0 aromatic heterocycles. The molecule has 24 heteroatoms. The first-order valence-corrected chi connectivity index (χ1v) is 27.9. The van der Waals surface area contributed by atoms with Crippen molar-refractivity contribution in [3.8, 4) is 0 Å². The molecule has 8 rings (SSSR count). The molecule has 0 amide bonds. The molecule has 0 spiro atoms. The third kappa shape index (κ3) is 12.4. The van der Waals surface area contributed by atoms with Gasteiger partial charge in [0.2, 0.25) is 10.4 Å². The molecule has 3 saturated carbocycles. The van der Waals surface area contributed by atoms with Crippen molar-refractivity contribution in [2.75, 3.05) is 6.61 Å². The molecule has 0 bridgehead atoms. The van der Waals surface area contributed by atoms with Gasteiger partial charge in [0.05, 0.1) is 42.7 Å². The van der Waals surface area contributed by atoms with Crippen LogP contribution >= 0.6 is 0 Å². The van der Waals surface area contributed by atoms with Crippen LogP contribution in [0.1, 0.15) is 113 Å². The van der Waals surface area contributed by atoms with Gasteiger partial charge < -0.3 is 93.5 Å². The number of ether oxygens (including phenoxy) is 8. The fourth-order valence-corrected chi connectivity index (χ4v) is 14.6. The van der Waals surface area contributed by atoms with Crippen LogP contribution < -0.4 is 29.6 Å². The van der Waals surface area contributed by atoms with E-state index in [1.807, 2.05) is 6.92 Å². The van der Waals surface area contributed by atoms with Crippen LogP contribution in [0.3, 0.4) is 0 Å². The summed E-state index contributed by atoms with van der Waals surface area (Å²) in [5.41, 5.74) is 0.451. The first-order valence-electron chi connectivity index (χ1n) is 26.5. The zero-order valence-corrected chi connectivity index (χ0v) is 47.5. The summed E-state index contributed by atoms with van der Waals surface area (Å²) in [7, 11) is -5.07. The van der Waals surface area contributed by atoms with E-state index in [4.69, 9.17) is 42.1 Å². The van der Waals surface area contributed by atoms with E-state index in [0.717, 1.165) is 24.8 Å². The molecular formula is C51H83NaO22S. The zero-order valence-electron chi connectivity index (χ0n) is 44.6. The van der Waals surface area contributed by atoms with Crippen molar-refractivity contribution in [1.29, 1.82) is 0 Å². The molecule has 4 heterocycles. The number of aliphatic hydroxyl groups excluding tert-OH is 9. The Morgan fingerprint density at radius 2 is 1.28 bits per heavy atom. The average Bonchev–Trinajstić information content (AvgIpc) is 3.70. The van der Waals surface area contributed by atoms with Gasteiger partial charge >= 0.3 is 29.6 Å². The van der Waals surface area contributed by atoms with Crippen molar-refractivity contribution in [3.05, 3.63) is 23.8 Å². The van der Waals surface area contributed by atoms with E-state index < -0.39 is 163 Å². The third-order valence-electron chi connectivity index (χ3n) is 18.8. The van der Waals surface area contributed by atoms with Gasteiger partial charge in [0.25, 0.3) is 0 Å². The molecule has 0 aromatic carbocycles. The van der Waals surface area contributed by atoms with Gasteiger partial charge in [-0.2, -0.15) is 0 Å². The first-order chi connectivity index (χ1) is 34.5. The Hall–Kier alpha value is -0.370. The van der Waals surface area contributed by atoms with Crippen LogP contribution in [0.15, 0.2) is 23.8 Å². The van der Waals surface area contributed by atoms with Crippen molar-refractivity contribution < 1.29 is 136 Å². The smallest absolute Gasteiger partial charge is 0.726 e. The monoisotopic (exact) mass is 1100 g/mol. The third-order valence-corrected chi connectivity index (χ3v) is 19.3. The predicted molar refractivity (Wildman–Crippen MR) is 255 cm³/mol. The van der Waals surface area contributed by atoms with Crippen LogP contribution in [0.2, 0.25) is 0 Å². The zero-order chi connectivity index (χ0) is 54.3. The van der Waals surface area contributed by atoms with Crippen LogP contribution in [0.4, 0.5) is 0 Å². The Morgan fingerprint density at radius 1 is 0.733 bits per heavy atom. The second kappa shape index (κ2) is 23.8. The van der Waals surface area contributed by atoms with E-state index >= 15 is 0 Å². The molecule has 10 N–H and O–H groups in total. The molecular weight excluding hydrogens is 1020 g/mol. The van der Waals surface area contributed by atoms with E-state index in [1.165, 1.54) is 26.3 Å². The molecule has 22 nitrogen and oxygen atoms in total. The number of rotatable bonds is 15. The Bertz CT molecular complexity index is 2100. The molecule has 8 aliphatic rings. The predicted octanol–water partition coefficient (Wildman–Crippen LogP) is -2.85. The summed E-state index contributed by atoms with van der Waals surface area (Å²) >= 11 is 0. The Morgan fingerprint density at radius 3 is 1.87 bits per heavy atom. The molecule has 4 aliphatic carbocycles. The van der Waals surface area contributed by atoms with E-state index in [1.54, 1.807) is 0 Å². The quantitative estimate of drug-likeness (QED) is 0.0341. The number of hydrogen-bond acceptors (Lipinski definition) is 22. The maximum atomic E-state index is 12.3. The molecule has 0 radical (unpaired) electrons. The summed E-state index contributed by atoms with van der Waals surface area (Å²) < 4.78 is 89.8. The first kappa shape index (κ1) is 62.2. The Balaban J connectivity index is 0.00000820. The minimum atomic E-state index is -5.07. The van der Waals surface area contributed by atoms with Crippen molar-refractivity contribution >= 4 is 10.4 Å². The Labute approximate surface area is 462 Å². The van der Waals surface area contributed by atoms with Gasteiger partial charge in [0.15, 0.2) is 25.2 Å². The molecule has 75 heavy (non-hydrogen) atoms. The number of allylic oxidation sites excluding steroid dienone is 3. The molecule has 0 unspecified atom stereocenters. The number of hydrogen-bond donors (Lipinski definition) is 10. The van der Waals surface area contributed by atoms with Crippen molar-refractivity contribution in [3.63, 3.8) is 0 Å². The fourth-order valence-electron chi connectivity index (χ4n) is 14.1. The van der Waals surface area contributed by atoms with E-state index in [-0.39, 0.29) is 71.5 Å². The standard InChI is InChI=1S/C51H84O22S.Na/c1-21(2)22(3)12-17-51(9,61)33-11-10-28-27-19-31(30-18-26(73-74(62,63)64)13-15-49(30,7)29(27)14-16-50(28,33)8)69-47-42(60)43(36(54)25(6)68-47)71-48-44(72-46-41(59)39(57)35(53)24(5)67-46)37(55)32(20-65-48)70-45-40(58)38(56)34(52)23(4)66-45;/h14,21,23-28,30-48,52-61H,3,10-13,15-20H2,1-2,4-9H3,(H,62,63,64);/q;+1/p-1/t23-,24-,25-,26+,27+,28+,30-,31+,32-,33+,34+,35-,36-,37+,38+,39+,40-,41-,42-,43+,44-,45+,46+,47+,48+,49-,50+,51+;/m1./s1. The molecule has 7 fully saturated rings. The fraction of sp³-hybridized carbons (Fsp3) is 0.922. The summed E-state index contributed by atoms with van der Waals surface area (Å²) in [6.07, 6.45) is -24.1. The van der Waals surface area contributed by atoms with Gasteiger partial charge in [-0.15, -0.1) is 0 Å². The molecule has 0 aromatic rings. The van der Waals surface area contributed by atoms with Gasteiger partial charge in [-0.05, 0) is 126 Å². The second-order valence-electron chi connectivity index (χ2n) is 23.8. The topological polar surface area (TPSA) is 343 Å². The van der Waals surface area contributed by atoms with Gasteiger partial charge in [-0.3, -0.25) is 4.18 Å². The summed E-state index contributed by atoms with van der Waals surface area (Å²) in [6.45, 7) is 18.6. The van der Waals surface area contributed by atoms with E-state index in [2.05, 4.69) is 40.3 Å². The second-order valence-corrected chi connectivity index (χ2v) is 24.8. The molecule has 4 aliphatic heterocycles. The van der Waals surface area contributed by atoms with Gasteiger partial charge in [-0.1, -0.05) is 51.5 Å². The van der Waals surface area contributed by atoms with Gasteiger partial charge in [0, 0.05) is 0 Å². The molecule has 28 atom stereocenters. The molecule has 426 valence electrons. The Kier molecular flexibility index (Phi) is 19.8. The largest absolute Gasteiger partial charge is 1.00 e. The molecule has 4 saturated heterocycles. The van der Waals surface area contributed by atoms with E-state index in [0.29, 0.717) is 25.7 Å². The maximum Gasteiger partial charge on any atom is 1.00 e. The summed E-state index contributed by atoms with van der Waals surface area (Å²) in [4.78, 5) is 0. The van der Waals surface area contributed by atoms with Crippen LogP contribution in [-0.4, -0.2) is 205 Å². The minimum Gasteiger partial charge on any atom is -0.726 e. The van der Waals surface area contributed by atoms with Crippen LogP contribution in [0.5, 0.6) is 0 Å². The number of fused-ring (bicyclic) bond motifs is 5. The summed E-state index contributed by atoms with van der Waals surface area (Å²) in [6, 6.07) is 0. The van der Waals surface area contributed by atoms with Crippen LogP contribution in [-0.2, 0) is 52.5 Å². The van der Waals surface area contributed by atoms with Crippen molar-refractivity contribution in [2.24, 2.45) is 40.4 Å². The van der Waals surface area contributed by atoms with Crippen molar-refractivity contribution in [2.45, 2.75) is 248 Å². The van der Waals surface area contributed by atoms with Crippen molar-refractivity contribution in [1.82, 2.24) is 0 Å². The van der Waals surface area contributed by atoms with E-state index in [9.17, 15) is 64.0 Å². The summed E-state index contributed by atoms with van der Waals surface area (Å²) in [5, 5.41) is 112. The van der Waals surface area contributed by atoms with Gasteiger partial charge in [-0.25, -0.2) is 8.42 Å². The normalized spacial score (nSPS) is 50.1. The average molecular weight is 1100 g/mol. The van der Waals surface area contributed by atoms with Crippen LogP contribution in [0, 0.1) is 40.4 Å². The SMILES string of the molecule is C=C(CC[C@](C)(O)[C@H]1CC[C@H]2[C@@H]3C[C@H](O[C@@H]4O[C@H](C)[C@@H](O)[C@H](O[C@@H]5OC[C@@H](O[C@@H]6O[C@H](C)[C@H](O)[C@H](O)[C@H]6O)[C@H](O)[C@H]5O[C@@H]5O[C@H](C)[C@@H](O)[C@H](O)[C@H]5O)[C@H]4O)[C@H]4C[C@@H](OS(=O)(=O)[O-])CC[C@]4(C)C3=CC[C@@]21C)C(C)C.[Na+]. The minimum absolute atomic E-state index is 0.